The Labute approximate surface area is 109 Å². The van der Waals surface area contributed by atoms with Crippen molar-refractivity contribution in [2.24, 2.45) is 0 Å². The number of rotatable bonds is 1. The number of nitrogens with one attached hydrogen (secondary N) is 1. The Balaban J connectivity index is 3.08. The lowest BCUT2D eigenvalue weighted by Crippen LogP contribution is -2.38. The first-order chi connectivity index (χ1) is 9.48. The molecule has 21 heavy (non-hydrogen) atoms. The normalized spacial score (nSPS) is 11.2. The molecule has 116 valence electrons. The van der Waals surface area contributed by atoms with Gasteiger partial charge in [-0.2, -0.15) is 18.7 Å². The highest BCUT2D eigenvalue weighted by molar-refractivity contribution is 5.91. The zero-order valence-electron chi connectivity index (χ0n) is 9.25. The first-order valence-corrected chi connectivity index (χ1v) is 4.58. The van der Waals surface area contributed by atoms with Crippen LogP contribution in [0.25, 0.3) is 0 Å². The topological polar surface area (TPSA) is 55.4 Å². The Morgan fingerprint density at radius 1 is 0.810 bits per heavy atom. The Kier molecular flexibility index (Phi) is 4.39. The summed E-state index contributed by atoms with van der Waals surface area (Å²) in [7, 11) is 0. The lowest BCUT2D eigenvalue weighted by molar-refractivity contribution is -0.182. The smallest absolute Gasteiger partial charge is 0.335 e. The summed E-state index contributed by atoms with van der Waals surface area (Å²) in [5.41, 5.74) is -1.72. The lowest BCUT2D eigenvalue weighted by Gasteiger charge is -2.09. The van der Waals surface area contributed by atoms with Gasteiger partial charge in [-0.3, -0.25) is 4.79 Å². The lowest BCUT2D eigenvalue weighted by atomic mass is 10.1. The highest BCUT2D eigenvalue weighted by Gasteiger charge is 2.40. The molecule has 0 saturated heterocycles. The molecule has 1 amide bonds. The van der Waals surface area contributed by atoms with Gasteiger partial charge in [0.25, 0.3) is 0 Å². The van der Waals surface area contributed by atoms with Gasteiger partial charge in [-0.15, -0.1) is 0 Å². The molecule has 0 aliphatic rings. The summed E-state index contributed by atoms with van der Waals surface area (Å²) in [4.78, 5) is 24.6. The molecule has 0 fully saturated rings. The predicted octanol–water partition coefficient (Wildman–Crippen LogP) is 2.13. The van der Waals surface area contributed by atoms with Crippen molar-refractivity contribution in [3.63, 3.8) is 0 Å². The van der Waals surface area contributed by atoms with Gasteiger partial charge in [-0.05, 0) is 0 Å². The quantitative estimate of drug-likeness (QED) is 0.373. The molecule has 1 aromatic rings. The zero-order valence-corrected chi connectivity index (χ0v) is 9.25. The third-order valence-electron chi connectivity index (χ3n) is 1.91. The minimum Gasteiger partial charge on any atom is -0.335 e. The van der Waals surface area contributed by atoms with Crippen molar-refractivity contribution < 1.29 is 49.5 Å². The number of halogens is 8. The molecule has 1 N–H and O–H groups in total. The third kappa shape index (κ3) is 3.20. The van der Waals surface area contributed by atoms with Gasteiger partial charge < -0.3 is 4.84 Å². The van der Waals surface area contributed by atoms with Gasteiger partial charge in [-0.25, -0.2) is 26.7 Å². The second-order valence-electron chi connectivity index (χ2n) is 3.26. The number of alkyl halides is 3. The number of hydroxylamine groups is 1. The van der Waals surface area contributed by atoms with Crippen LogP contribution >= 0.6 is 0 Å². The van der Waals surface area contributed by atoms with Crippen molar-refractivity contribution in [3.05, 3.63) is 34.6 Å². The Morgan fingerprint density at radius 3 is 1.57 bits per heavy atom. The van der Waals surface area contributed by atoms with E-state index in [4.69, 9.17) is 0 Å². The maximum absolute atomic E-state index is 13.1. The molecule has 4 nitrogen and oxygen atoms in total. The highest BCUT2D eigenvalue weighted by atomic mass is 19.4. The van der Waals surface area contributed by atoms with Gasteiger partial charge >= 0.3 is 18.1 Å². The van der Waals surface area contributed by atoms with Crippen LogP contribution in [0.2, 0.25) is 0 Å². The van der Waals surface area contributed by atoms with E-state index in [1.807, 2.05) is 0 Å². The number of hydrogen-bond acceptors (Lipinski definition) is 3. The van der Waals surface area contributed by atoms with Crippen LogP contribution in [0, 0.1) is 29.1 Å². The summed E-state index contributed by atoms with van der Waals surface area (Å²) in [5.74, 6) is -18.1. The molecule has 1 aromatic carbocycles. The molecule has 0 aliphatic carbocycles. The summed E-state index contributed by atoms with van der Waals surface area (Å²) in [6.45, 7) is 0. The van der Waals surface area contributed by atoms with E-state index in [1.54, 1.807) is 0 Å². The average molecular weight is 323 g/mol. The number of benzene rings is 1. The molecular formula is C9HF8NO3. The summed E-state index contributed by atoms with van der Waals surface area (Å²) in [6, 6.07) is 0. The number of hydrogen-bond donors (Lipinski definition) is 1. The molecule has 0 atom stereocenters. The predicted molar refractivity (Wildman–Crippen MR) is 45.8 cm³/mol. The SMILES string of the molecule is O=C(ONC(=O)C(F)(F)F)c1c(F)c(F)c(F)c(F)c1F. The van der Waals surface area contributed by atoms with E-state index < -0.39 is 52.7 Å². The second-order valence-corrected chi connectivity index (χ2v) is 3.26. The summed E-state index contributed by atoms with van der Waals surface area (Å²) < 4.78 is 99.3. The van der Waals surface area contributed by atoms with Gasteiger partial charge in [0.2, 0.25) is 5.82 Å². The molecule has 0 spiro atoms. The second kappa shape index (κ2) is 5.54. The molecule has 0 saturated carbocycles. The van der Waals surface area contributed by atoms with Crippen LogP contribution in [0.5, 0.6) is 0 Å². The molecule has 12 heteroatoms. The van der Waals surface area contributed by atoms with Gasteiger partial charge in [0.05, 0.1) is 0 Å². The van der Waals surface area contributed by atoms with Crippen LogP contribution in [0.15, 0.2) is 0 Å². The maximum atomic E-state index is 13.1. The number of amides is 1. The van der Waals surface area contributed by atoms with Crippen molar-refractivity contribution in [2.45, 2.75) is 6.18 Å². The fourth-order valence-electron chi connectivity index (χ4n) is 0.986. The van der Waals surface area contributed by atoms with Crippen molar-refractivity contribution in [1.82, 2.24) is 5.48 Å². The fourth-order valence-corrected chi connectivity index (χ4v) is 0.986. The summed E-state index contributed by atoms with van der Waals surface area (Å²) >= 11 is 0. The van der Waals surface area contributed by atoms with Crippen molar-refractivity contribution in [2.75, 3.05) is 0 Å². The van der Waals surface area contributed by atoms with Crippen LogP contribution in [0.1, 0.15) is 10.4 Å². The van der Waals surface area contributed by atoms with E-state index in [0.717, 1.165) is 0 Å². The van der Waals surface area contributed by atoms with Gasteiger partial charge in [-0.1, -0.05) is 0 Å². The summed E-state index contributed by atoms with van der Waals surface area (Å²) in [6.07, 6.45) is -5.50. The maximum Gasteiger partial charge on any atom is 0.474 e. The first-order valence-electron chi connectivity index (χ1n) is 4.58. The minimum absolute atomic E-state index is 0.443. The standard InChI is InChI=1S/C9HF8NO3/c10-2-1(3(11)5(13)6(14)4(2)12)7(19)21-18-8(20)9(15,16)17/h(H,18,20). The van der Waals surface area contributed by atoms with E-state index >= 15 is 0 Å². The number of carbonyl (C=O) groups is 2. The van der Waals surface area contributed by atoms with Crippen LogP contribution < -0.4 is 5.48 Å². The largest absolute Gasteiger partial charge is 0.474 e. The van der Waals surface area contributed by atoms with Crippen molar-refractivity contribution >= 4 is 11.9 Å². The van der Waals surface area contributed by atoms with Crippen LogP contribution in [0.3, 0.4) is 0 Å². The Hall–Kier alpha value is -2.40. The van der Waals surface area contributed by atoms with Gasteiger partial charge in [0.15, 0.2) is 23.3 Å². The molecule has 0 aromatic heterocycles. The van der Waals surface area contributed by atoms with Crippen molar-refractivity contribution in [3.8, 4) is 0 Å². The molecular weight excluding hydrogens is 322 g/mol. The average Bonchev–Trinajstić information content (AvgIpc) is 2.39. The van der Waals surface area contributed by atoms with Gasteiger partial charge in [0.1, 0.15) is 5.56 Å². The molecule has 0 bridgehead atoms. The minimum atomic E-state index is -5.50. The first kappa shape index (κ1) is 16.7. The Bertz CT molecular complexity index is 583. The molecule has 0 heterocycles. The molecule has 1 rings (SSSR count). The molecule has 0 unspecified atom stereocenters. The van der Waals surface area contributed by atoms with Crippen molar-refractivity contribution in [1.29, 1.82) is 0 Å². The van der Waals surface area contributed by atoms with Crippen LogP contribution in [-0.4, -0.2) is 18.1 Å². The third-order valence-corrected chi connectivity index (χ3v) is 1.91. The van der Waals surface area contributed by atoms with Crippen LogP contribution in [-0.2, 0) is 9.63 Å². The Morgan fingerprint density at radius 2 is 1.19 bits per heavy atom. The fraction of sp³-hybridized carbons (Fsp3) is 0.111. The van der Waals surface area contributed by atoms with E-state index in [9.17, 15) is 44.7 Å². The van der Waals surface area contributed by atoms with E-state index in [2.05, 4.69) is 4.84 Å². The highest BCUT2D eigenvalue weighted by Crippen LogP contribution is 2.23. The zero-order chi connectivity index (χ0) is 16.5. The molecule has 0 radical (unpaired) electrons. The van der Waals surface area contributed by atoms with Crippen LogP contribution in [0.4, 0.5) is 35.1 Å². The monoisotopic (exact) mass is 323 g/mol. The van der Waals surface area contributed by atoms with E-state index in [1.165, 1.54) is 0 Å². The number of carbonyl (C=O) groups excluding carboxylic acids is 2. The van der Waals surface area contributed by atoms with E-state index in [0.29, 0.717) is 5.48 Å². The molecule has 0 aliphatic heterocycles. The van der Waals surface area contributed by atoms with E-state index in [-0.39, 0.29) is 0 Å². The van der Waals surface area contributed by atoms with Gasteiger partial charge in [0, 0.05) is 0 Å². The summed E-state index contributed by atoms with van der Waals surface area (Å²) in [5, 5.41) is 0.